The van der Waals surface area contributed by atoms with Gasteiger partial charge in [0.15, 0.2) is 0 Å². The van der Waals surface area contributed by atoms with Gasteiger partial charge in [-0.1, -0.05) is 54.1 Å². The number of hydrazone groups is 1. The molecule has 0 aliphatic carbocycles. The maximum atomic E-state index is 12.3. The van der Waals surface area contributed by atoms with Crippen LogP contribution >= 0.6 is 11.6 Å². The van der Waals surface area contributed by atoms with E-state index >= 15 is 0 Å². The minimum Gasteiger partial charge on any atom is -0.322 e. The molecule has 7 heteroatoms. The Kier molecular flexibility index (Phi) is 6.38. The van der Waals surface area contributed by atoms with E-state index in [0.717, 1.165) is 0 Å². The van der Waals surface area contributed by atoms with Gasteiger partial charge in [0.1, 0.15) is 0 Å². The second-order valence-electron chi connectivity index (χ2n) is 5.75. The summed E-state index contributed by atoms with van der Waals surface area (Å²) in [5.74, 6) is -0.306. The van der Waals surface area contributed by atoms with Crippen molar-refractivity contribution in [3.05, 3.63) is 95.0 Å². The lowest BCUT2D eigenvalue weighted by molar-refractivity contribution is 0.102. The zero-order valence-electron chi connectivity index (χ0n) is 14.7. The summed E-state index contributed by atoms with van der Waals surface area (Å²) in [6, 6.07) is 22.5. The van der Waals surface area contributed by atoms with Crippen molar-refractivity contribution in [2.75, 3.05) is 10.6 Å². The fourth-order valence-corrected chi connectivity index (χ4v) is 2.61. The van der Waals surface area contributed by atoms with E-state index in [0.29, 0.717) is 27.5 Å². The maximum Gasteiger partial charge on any atom is 0.339 e. The highest BCUT2D eigenvalue weighted by atomic mass is 35.5. The first-order valence-corrected chi connectivity index (χ1v) is 8.81. The van der Waals surface area contributed by atoms with Gasteiger partial charge >= 0.3 is 6.03 Å². The van der Waals surface area contributed by atoms with Gasteiger partial charge in [-0.05, 0) is 42.0 Å². The number of urea groups is 1. The normalized spacial score (nSPS) is 10.5. The van der Waals surface area contributed by atoms with Crippen LogP contribution in [0, 0.1) is 0 Å². The van der Waals surface area contributed by atoms with Crippen LogP contribution < -0.4 is 16.1 Å². The van der Waals surface area contributed by atoms with Gasteiger partial charge in [-0.3, -0.25) is 4.79 Å². The van der Waals surface area contributed by atoms with Gasteiger partial charge < -0.3 is 10.6 Å². The van der Waals surface area contributed by atoms with Crippen molar-refractivity contribution in [1.29, 1.82) is 0 Å². The average Bonchev–Trinajstić information content (AvgIpc) is 2.69. The molecule has 0 aromatic heterocycles. The molecule has 0 spiro atoms. The summed E-state index contributed by atoms with van der Waals surface area (Å²) < 4.78 is 0. The van der Waals surface area contributed by atoms with Crippen LogP contribution in [0.3, 0.4) is 0 Å². The zero-order chi connectivity index (χ0) is 19.8. The highest BCUT2D eigenvalue weighted by Gasteiger charge is 2.09. The SMILES string of the molecule is O=C(N/N=C\c1cccc(NC(=O)c2ccccc2Cl)c1)Nc1ccccc1. The number of para-hydroxylation sites is 1. The number of benzene rings is 3. The Labute approximate surface area is 167 Å². The Morgan fingerprint density at radius 2 is 1.54 bits per heavy atom. The molecule has 3 rings (SSSR count). The van der Waals surface area contributed by atoms with Crippen molar-refractivity contribution in [2.24, 2.45) is 5.10 Å². The van der Waals surface area contributed by atoms with Gasteiger partial charge in [-0.25, -0.2) is 10.2 Å². The number of halogens is 1. The molecule has 0 saturated heterocycles. The van der Waals surface area contributed by atoms with E-state index in [1.807, 2.05) is 18.2 Å². The Hall–Kier alpha value is -3.64. The number of nitrogens with one attached hydrogen (secondary N) is 3. The molecule has 3 N–H and O–H groups in total. The smallest absolute Gasteiger partial charge is 0.322 e. The van der Waals surface area contributed by atoms with Crippen LogP contribution in [0.15, 0.2) is 84.0 Å². The first-order chi connectivity index (χ1) is 13.6. The topological polar surface area (TPSA) is 82.6 Å². The van der Waals surface area contributed by atoms with E-state index in [1.54, 1.807) is 60.7 Å². The predicted molar refractivity (Wildman–Crippen MR) is 112 cm³/mol. The molecule has 3 aromatic carbocycles. The number of carbonyl (C=O) groups is 2. The summed E-state index contributed by atoms with van der Waals surface area (Å²) in [6.45, 7) is 0. The van der Waals surface area contributed by atoms with E-state index in [9.17, 15) is 9.59 Å². The molecular weight excluding hydrogens is 376 g/mol. The molecule has 3 amide bonds. The fraction of sp³-hybridized carbons (Fsp3) is 0. The van der Waals surface area contributed by atoms with Gasteiger partial charge in [-0.15, -0.1) is 0 Å². The Morgan fingerprint density at radius 3 is 2.32 bits per heavy atom. The third kappa shape index (κ3) is 5.43. The van der Waals surface area contributed by atoms with Crippen LogP contribution in [0.25, 0.3) is 0 Å². The molecule has 0 aliphatic rings. The zero-order valence-corrected chi connectivity index (χ0v) is 15.5. The molecule has 0 unspecified atom stereocenters. The van der Waals surface area contributed by atoms with E-state index in [2.05, 4.69) is 21.2 Å². The largest absolute Gasteiger partial charge is 0.339 e. The monoisotopic (exact) mass is 392 g/mol. The predicted octanol–water partition coefficient (Wildman–Crippen LogP) is 4.75. The average molecular weight is 393 g/mol. The number of rotatable bonds is 5. The van der Waals surface area contributed by atoms with E-state index in [1.165, 1.54) is 6.21 Å². The Balaban J connectivity index is 1.58. The second-order valence-corrected chi connectivity index (χ2v) is 6.16. The van der Waals surface area contributed by atoms with Crippen molar-refractivity contribution in [3.8, 4) is 0 Å². The molecule has 28 heavy (non-hydrogen) atoms. The van der Waals surface area contributed by atoms with Crippen LogP contribution in [0.1, 0.15) is 15.9 Å². The van der Waals surface area contributed by atoms with Crippen LogP contribution in [-0.2, 0) is 0 Å². The van der Waals surface area contributed by atoms with Gasteiger partial charge in [-0.2, -0.15) is 5.10 Å². The van der Waals surface area contributed by atoms with Crippen LogP contribution in [0.2, 0.25) is 5.02 Å². The van der Waals surface area contributed by atoms with Gasteiger partial charge in [0, 0.05) is 11.4 Å². The molecule has 0 aliphatic heterocycles. The molecule has 0 bridgehead atoms. The Bertz CT molecular complexity index is 1010. The standard InChI is InChI=1S/C21H17ClN4O2/c22-19-12-5-4-11-18(19)20(27)24-17-10-6-7-15(13-17)14-23-26-21(28)25-16-8-2-1-3-9-16/h1-14H,(H,24,27)(H2,25,26,28)/b23-14-. The molecule has 0 radical (unpaired) electrons. The fourth-order valence-electron chi connectivity index (χ4n) is 2.39. The quantitative estimate of drug-likeness (QED) is 0.432. The lowest BCUT2D eigenvalue weighted by Gasteiger charge is -2.07. The van der Waals surface area contributed by atoms with E-state index < -0.39 is 6.03 Å². The minimum atomic E-state index is -0.453. The number of anilines is 2. The molecule has 0 saturated carbocycles. The number of hydrogen-bond donors (Lipinski definition) is 3. The van der Waals surface area contributed by atoms with Crippen LogP contribution in [-0.4, -0.2) is 18.2 Å². The molecule has 6 nitrogen and oxygen atoms in total. The van der Waals surface area contributed by atoms with E-state index in [-0.39, 0.29) is 5.91 Å². The summed E-state index contributed by atoms with van der Waals surface area (Å²) >= 11 is 6.04. The number of amides is 3. The summed E-state index contributed by atoms with van der Waals surface area (Å²) in [6.07, 6.45) is 1.48. The lowest BCUT2D eigenvalue weighted by atomic mass is 10.2. The highest BCUT2D eigenvalue weighted by molar-refractivity contribution is 6.34. The van der Waals surface area contributed by atoms with Gasteiger partial charge in [0.2, 0.25) is 0 Å². The van der Waals surface area contributed by atoms with Gasteiger partial charge in [0.05, 0.1) is 16.8 Å². The number of carbonyl (C=O) groups excluding carboxylic acids is 2. The third-order valence-corrected chi connectivity index (χ3v) is 4.00. The third-order valence-electron chi connectivity index (χ3n) is 3.67. The number of hydrogen-bond acceptors (Lipinski definition) is 3. The summed E-state index contributed by atoms with van der Waals surface area (Å²) in [4.78, 5) is 24.1. The number of nitrogens with zero attached hydrogens (tertiary/aromatic N) is 1. The molecule has 0 atom stereocenters. The molecule has 140 valence electrons. The Morgan fingerprint density at radius 1 is 0.821 bits per heavy atom. The first kappa shape index (κ1) is 19.1. The summed E-state index contributed by atoms with van der Waals surface area (Å²) in [7, 11) is 0. The van der Waals surface area contributed by atoms with Crippen molar-refractivity contribution in [2.45, 2.75) is 0 Å². The van der Waals surface area contributed by atoms with E-state index in [4.69, 9.17) is 11.6 Å². The van der Waals surface area contributed by atoms with Crippen LogP contribution in [0.4, 0.5) is 16.2 Å². The first-order valence-electron chi connectivity index (χ1n) is 8.43. The van der Waals surface area contributed by atoms with Crippen LogP contribution in [0.5, 0.6) is 0 Å². The molecule has 0 fully saturated rings. The lowest BCUT2D eigenvalue weighted by Crippen LogP contribution is -2.24. The van der Waals surface area contributed by atoms with Gasteiger partial charge in [0.25, 0.3) is 5.91 Å². The van der Waals surface area contributed by atoms with Crippen molar-refractivity contribution in [3.63, 3.8) is 0 Å². The summed E-state index contributed by atoms with van der Waals surface area (Å²) in [5.41, 5.74) is 4.74. The van der Waals surface area contributed by atoms with Crippen molar-refractivity contribution >= 4 is 41.1 Å². The van der Waals surface area contributed by atoms with Crippen molar-refractivity contribution in [1.82, 2.24) is 5.43 Å². The van der Waals surface area contributed by atoms with Crippen molar-refractivity contribution < 1.29 is 9.59 Å². The highest BCUT2D eigenvalue weighted by Crippen LogP contribution is 2.17. The molecule has 3 aromatic rings. The second kappa shape index (κ2) is 9.34. The maximum absolute atomic E-state index is 12.3. The molecular formula is C21H17ClN4O2. The molecule has 0 heterocycles. The minimum absolute atomic E-state index is 0.306. The summed E-state index contributed by atoms with van der Waals surface area (Å²) in [5, 5.41) is 9.73.